The molecule has 2 aliphatic carbocycles. The predicted octanol–water partition coefficient (Wildman–Crippen LogP) is 6.57. The standard InChI is InChI=1S/C17H27N3O5.C17H29N3O3/c21-15(19-24)11-13(8-4-7-12-5-2-1-3-6-12)17-18-14(20-25-17)9-10-16(22)23;1-2-7-15-18-17(23-20-15)14(12-16(21)19-22)11-6-10-13-8-4-3-5-9-13/h12-13,24H,1-11H2,(H,19,21)(H,22,23);13-14,22H,2-12H2,1H3,(H,19,21)/t13-;14-/m11/s1. The number of aromatic nitrogens is 4. The summed E-state index contributed by atoms with van der Waals surface area (Å²) < 4.78 is 10.6. The van der Waals surface area contributed by atoms with E-state index in [0.29, 0.717) is 23.4 Å². The van der Waals surface area contributed by atoms with Crippen LogP contribution in [-0.2, 0) is 27.2 Å². The molecule has 2 amide bonds. The molecule has 2 fully saturated rings. The molecule has 0 radical (unpaired) electrons. The Morgan fingerprint density at radius 1 is 0.729 bits per heavy atom. The summed E-state index contributed by atoms with van der Waals surface area (Å²) in [6, 6.07) is 0. The molecular formula is C34H56N6O8. The average Bonchev–Trinajstić information content (AvgIpc) is 3.78. The van der Waals surface area contributed by atoms with Gasteiger partial charge in [0.25, 0.3) is 0 Å². The second-order valence-electron chi connectivity index (χ2n) is 13.5. The summed E-state index contributed by atoms with van der Waals surface area (Å²) in [4.78, 5) is 42.4. The summed E-state index contributed by atoms with van der Waals surface area (Å²) in [5.74, 6) is 1.30. The number of carbonyl (C=O) groups is 3. The van der Waals surface area contributed by atoms with Crippen LogP contribution in [0.15, 0.2) is 9.05 Å². The molecule has 0 spiro atoms. The van der Waals surface area contributed by atoms with Gasteiger partial charge in [0.15, 0.2) is 11.6 Å². The van der Waals surface area contributed by atoms with Crippen molar-refractivity contribution in [1.29, 1.82) is 0 Å². The SMILES string of the molecule is CCCc1noc([C@H](CCCC2CCCCC2)CC(=O)NO)n1.O=C(O)CCc1noc([C@H](CCCC2CCCCC2)CC(=O)NO)n1. The van der Waals surface area contributed by atoms with Crippen molar-refractivity contribution in [3.05, 3.63) is 23.4 Å². The summed E-state index contributed by atoms with van der Waals surface area (Å²) >= 11 is 0. The fourth-order valence-electron chi connectivity index (χ4n) is 6.93. The van der Waals surface area contributed by atoms with Crippen LogP contribution in [-0.4, -0.2) is 53.6 Å². The number of nitrogens with one attached hydrogen (secondary N) is 2. The Bertz CT molecular complexity index is 1210. The van der Waals surface area contributed by atoms with E-state index >= 15 is 0 Å². The maximum Gasteiger partial charge on any atom is 0.303 e. The van der Waals surface area contributed by atoms with E-state index in [1.807, 2.05) is 0 Å². The lowest BCUT2D eigenvalue weighted by Gasteiger charge is -2.22. The third kappa shape index (κ3) is 14.8. The maximum atomic E-state index is 11.6. The molecule has 2 heterocycles. The van der Waals surface area contributed by atoms with E-state index in [4.69, 9.17) is 24.6 Å². The van der Waals surface area contributed by atoms with Crippen molar-refractivity contribution in [2.75, 3.05) is 0 Å². The number of aryl methyl sites for hydroxylation is 2. The number of carbonyl (C=O) groups excluding carboxylic acids is 2. The lowest BCUT2D eigenvalue weighted by Crippen LogP contribution is -2.21. The number of carboxylic acids is 1. The smallest absolute Gasteiger partial charge is 0.303 e. The van der Waals surface area contributed by atoms with E-state index in [0.717, 1.165) is 56.8 Å². The highest BCUT2D eigenvalue weighted by Crippen LogP contribution is 2.32. The molecule has 14 nitrogen and oxygen atoms in total. The highest BCUT2D eigenvalue weighted by atomic mass is 16.5. The van der Waals surface area contributed by atoms with Crippen molar-refractivity contribution >= 4 is 17.8 Å². The molecule has 0 aliphatic heterocycles. The quantitative estimate of drug-likeness (QED) is 0.0789. The first-order chi connectivity index (χ1) is 23.3. The summed E-state index contributed by atoms with van der Waals surface area (Å²) in [7, 11) is 0. The van der Waals surface area contributed by atoms with E-state index in [1.165, 1.54) is 70.6 Å². The lowest BCUT2D eigenvalue weighted by molar-refractivity contribution is -0.137. The Balaban J connectivity index is 0.000000261. The van der Waals surface area contributed by atoms with Crippen LogP contribution < -0.4 is 11.0 Å². The number of aliphatic carboxylic acids is 1. The number of carboxylic acid groups (broad SMARTS) is 1. The van der Waals surface area contributed by atoms with Crippen LogP contribution in [0, 0.1) is 11.8 Å². The summed E-state index contributed by atoms with van der Waals surface area (Å²) in [6.45, 7) is 2.07. The van der Waals surface area contributed by atoms with E-state index in [-0.39, 0.29) is 37.5 Å². The monoisotopic (exact) mass is 676 g/mol. The van der Waals surface area contributed by atoms with E-state index < -0.39 is 17.8 Å². The molecule has 48 heavy (non-hydrogen) atoms. The molecular weight excluding hydrogens is 620 g/mol. The van der Waals surface area contributed by atoms with Crippen molar-refractivity contribution in [1.82, 2.24) is 31.2 Å². The Morgan fingerprint density at radius 2 is 1.17 bits per heavy atom. The summed E-state index contributed by atoms with van der Waals surface area (Å²) in [5, 5.41) is 34.1. The van der Waals surface area contributed by atoms with Crippen molar-refractivity contribution in [3.63, 3.8) is 0 Å². The van der Waals surface area contributed by atoms with Gasteiger partial charge in [0, 0.05) is 37.5 Å². The molecule has 2 aliphatic rings. The van der Waals surface area contributed by atoms with Gasteiger partial charge in [-0.1, -0.05) is 107 Å². The van der Waals surface area contributed by atoms with Gasteiger partial charge in [0.2, 0.25) is 23.6 Å². The Labute approximate surface area is 283 Å². The molecule has 0 saturated heterocycles. The largest absolute Gasteiger partial charge is 0.481 e. The van der Waals surface area contributed by atoms with Crippen molar-refractivity contribution in [3.8, 4) is 0 Å². The molecule has 0 bridgehead atoms. The molecule has 14 heteroatoms. The maximum absolute atomic E-state index is 11.6. The van der Waals surface area contributed by atoms with Crippen LogP contribution >= 0.6 is 0 Å². The number of hydrogen-bond acceptors (Lipinski definition) is 11. The Kier molecular flexibility index (Phi) is 18.1. The zero-order chi connectivity index (χ0) is 34.6. The van der Waals surface area contributed by atoms with Crippen LogP contribution in [0.25, 0.3) is 0 Å². The normalized spacial score (nSPS) is 16.8. The predicted molar refractivity (Wildman–Crippen MR) is 174 cm³/mol. The highest BCUT2D eigenvalue weighted by Gasteiger charge is 2.25. The second-order valence-corrected chi connectivity index (χ2v) is 13.5. The van der Waals surface area contributed by atoms with Gasteiger partial charge in [-0.05, 0) is 31.1 Å². The van der Waals surface area contributed by atoms with E-state index in [9.17, 15) is 14.4 Å². The van der Waals surface area contributed by atoms with Crippen LogP contribution in [0.1, 0.15) is 171 Å². The minimum atomic E-state index is -0.921. The van der Waals surface area contributed by atoms with Crippen LogP contribution in [0.2, 0.25) is 0 Å². The van der Waals surface area contributed by atoms with Gasteiger partial charge in [0.05, 0.1) is 6.42 Å². The molecule has 2 saturated carbocycles. The van der Waals surface area contributed by atoms with Gasteiger partial charge in [-0.25, -0.2) is 11.0 Å². The first-order valence-corrected chi connectivity index (χ1v) is 18.0. The molecule has 4 rings (SSSR count). The Hall–Kier alpha value is -3.39. The fourth-order valence-corrected chi connectivity index (χ4v) is 6.93. The molecule has 270 valence electrons. The fraction of sp³-hybridized carbons (Fsp3) is 0.794. The van der Waals surface area contributed by atoms with E-state index in [2.05, 4.69) is 27.2 Å². The van der Waals surface area contributed by atoms with E-state index in [1.54, 1.807) is 11.0 Å². The zero-order valence-electron chi connectivity index (χ0n) is 28.5. The highest BCUT2D eigenvalue weighted by molar-refractivity contribution is 5.75. The third-order valence-corrected chi connectivity index (χ3v) is 9.59. The minimum Gasteiger partial charge on any atom is -0.481 e. The van der Waals surface area contributed by atoms with Crippen LogP contribution in [0.4, 0.5) is 0 Å². The van der Waals surface area contributed by atoms with Gasteiger partial charge in [-0.3, -0.25) is 24.8 Å². The first-order valence-electron chi connectivity index (χ1n) is 18.0. The topological polar surface area (TPSA) is 214 Å². The third-order valence-electron chi connectivity index (χ3n) is 9.59. The second kappa shape index (κ2) is 22.3. The van der Waals surface area contributed by atoms with Gasteiger partial charge < -0.3 is 14.2 Å². The molecule has 0 unspecified atom stereocenters. The summed E-state index contributed by atoms with van der Waals surface area (Å²) in [6.07, 6.45) is 21.3. The Morgan fingerprint density at radius 3 is 1.56 bits per heavy atom. The number of hydroxylamine groups is 2. The number of hydrogen-bond donors (Lipinski definition) is 5. The minimum absolute atomic E-state index is 0.0670. The van der Waals surface area contributed by atoms with Gasteiger partial charge >= 0.3 is 5.97 Å². The van der Waals surface area contributed by atoms with Gasteiger partial charge in [-0.2, -0.15) is 9.97 Å². The van der Waals surface area contributed by atoms with Gasteiger partial charge in [-0.15, -0.1) is 0 Å². The molecule has 5 N–H and O–H groups in total. The molecule has 2 atom stereocenters. The number of nitrogens with zero attached hydrogens (tertiary/aromatic N) is 4. The molecule has 2 aromatic rings. The van der Waals surface area contributed by atoms with Crippen molar-refractivity contribution in [2.45, 2.75) is 160 Å². The van der Waals surface area contributed by atoms with Crippen LogP contribution in [0.3, 0.4) is 0 Å². The van der Waals surface area contributed by atoms with Crippen LogP contribution in [0.5, 0.6) is 0 Å². The molecule has 0 aromatic carbocycles. The average molecular weight is 677 g/mol. The number of rotatable bonds is 19. The van der Waals surface area contributed by atoms with Crippen molar-refractivity contribution < 1.29 is 39.0 Å². The number of amides is 2. The van der Waals surface area contributed by atoms with Gasteiger partial charge in [0.1, 0.15) is 0 Å². The first kappa shape index (κ1) is 39.1. The molecule has 2 aromatic heterocycles. The summed E-state index contributed by atoms with van der Waals surface area (Å²) in [5.41, 5.74) is 3.35. The lowest BCUT2D eigenvalue weighted by atomic mass is 9.84. The zero-order valence-corrected chi connectivity index (χ0v) is 28.5. The van der Waals surface area contributed by atoms with Crippen molar-refractivity contribution in [2.24, 2.45) is 11.8 Å².